The van der Waals surface area contributed by atoms with Crippen LogP contribution < -0.4 is 5.73 Å². The van der Waals surface area contributed by atoms with E-state index in [1.807, 2.05) is 13.8 Å². The van der Waals surface area contributed by atoms with Crippen LogP contribution in [0.1, 0.15) is 64.0 Å². The highest BCUT2D eigenvalue weighted by Gasteiger charge is 2.24. The number of fused-ring (bicyclic) bond motifs is 4. The van der Waals surface area contributed by atoms with Crippen LogP contribution in [0.5, 0.6) is 0 Å². The Balaban J connectivity index is 0.000000807. The number of hydrogen-bond acceptors (Lipinski definition) is 2. The third kappa shape index (κ3) is 5.12. The molecule has 0 aliphatic carbocycles. The maximum atomic E-state index is 5.36. The lowest BCUT2D eigenvalue weighted by Crippen LogP contribution is -2.05. The number of rotatable bonds is 9. The minimum Gasteiger partial charge on any atom is -0.367 e. The van der Waals surface area contributed by atoms with E-state index in [1.165, 1.54) is 27.8 Å². The first-order chi connectivity index (χ1) is 15.2. The van der Waals surface area contributed by atoms with Crippen LogP contribution in [0.2, 0.25) is 0 Å². The molecule has 168 valence electrons. The third-order valence-corrected chi connectivity index (χ3v) is 5.49. The van der Waals surface area contributed by atoms with Crippen molar-refractivity contribution in [2.24, 2.45) is 5.73 Å². The van der Waals surface area contributed by atoms with Gasteiger partial charge in [0.05, 0.1) is 12.4 Å². The molecule has 0 saturated heterocycles. The van der Waals surface area contributed by atoms with E-state index < -0.39 is 0 Å². The van der Waals surface area contributed by atoms with Gasteiger partial charge in [0, 0.05) is 6.61 Å². The van der Waals surface area contributed by atoms with Crippen LogP contribution in [0.15, 0.2) is 62.2 Å². The van der Waals surface area contributed by atoms with E-state index in [2.05, 4.69) is 90.1 Å². The highest BCUT2D eigenvalue weighted by Crippen LogP contribution is 2.31. The number of benzene rings is 2. The molecule has 0 amide bonds. The molecule has 0 aliphatic rings. The highest BCUT2D eigenvalue weighted by atomic mass is 16.5. The quantitative estimate of drug-likeness (QED) is 0.190. The van der Waals surface area contributed by atoms with Crippen molar-refractivity contribution in [3.63, 3.8) is 0 Å². The van der Waals surface area contributed by atoms with Crippen molar-refractivity contribution in [1.82, 2.24) is 14.1 Å². The van der Waals surface area contributed by atoms with Gasteiger partial charge < -0.3 is 10.5 Å². The van der Waals surface area contributed by atoms with Gasteiger partial charge in [-0.3, -0.25) is 0 Å². The lowest BCUT2D eigenvalue weighted by atomic mass is 9.98. The van der Waals surface area contributed by atoms with Gasteiger partial charge in [-0.25, -0.2) is 0 Å². The summed E-state index contributed by atoms with van der Waals surface area (Å²) in [5, 5.41) is 0. The Morgan fingerprint density at radius 1 is 1.06 bits per heavy atom. The van der Waals surface area contributed by atoms with Crippen molar-refractivity contribution in [3.05, 3.63) is 73.3 Å². The molecule has 0 aliphatic heterocycles. The molecule has 0 bridgehead atoms. The molecule has 0 fully saturated rings. The van der Waals surface area contributed by atoms with Crippen LogP contribution in [-0.2, 0) is 4.74 Å². The first kappa shape index (κ1) is 24.5. The zero-order chi connectivity index (χ0) is 23.0. The first-order valence-corrected chi connectivity index (χ1v) is 11.3. The molecular weight excluding hydrogens is 384 g/mol. The SMILES string of the molecule is C=C.C=C(CCCOCN)c1ccc2c(c1)n1n(-c3cccc(C(C)CC)c3)n21.CC. The zero-order valence-corrected chi connectivity index (χ0v) is 19.6. The Morgan fingerprint density at radius 2 is 1.77 bits per heavy atom. The summed E-state index contributed by atoms with van der Waals surface area (Å²) in [5.74, 6) is 0.577. The molecule has 1 atom stereocenters. The minimum absolute atomic E-state index is 0.282. The van der Waals surface area contributed by atoms with Gasteiger partial charge in [0.2, 0.25) is 0 Å². The molecule has 31 heavy (non-hydrogen) atoms. The Kier molecular flexibility index (Phi) is 9.16. The predicted octanol–water partition coefficient (Wildman–Crippen LogP) is 6.49. The summed E-state index contributed by atoms with van der Waals surface area (Å²) in [6.45, 7) is 19.7. The topological polar surface area (TPSA) is 49.0 Å². The first-order valence-electron chi connectivity index (χ1n) is 11.3. The second kappa shape index (κ2) is 11.6. The molecule has 4 aromatic rings. The summed E-state index contributed by atoms with van der Waals surface area (Å²) in [6.07, 6.45) is 3.01. The van der Waals surface area contributed by atoms with Crippen LogP contribution in [0.25, 0.3) is 22.3 Å². The third-order valence-electron chi connectivity index (χ3n) is 5.49. The second-order valence-corrected chi connectivity index (χ2v) is 7.26. The number of allylic oxidation sites excluding steroid dienone is 1. The number of nitrogens with two attached hydrogens (primary N) is 1. The smallest absolute Gasteiger partial charge is 0.114 e. The van der Waals surface area contributed by atoms with Gasteiger partial charge in [0.1, 0.15) is 11.0 Å². The molecule has 2 aromatic carbocycles. The lowest BCUT2D eigenvalue weighted by Gasteiger charge is -2.08. The fraction of sp³-hybridized carbons (Fsp3) is 0.385. The van der Waals surface area contributed by atoms with Crippen molar-refractivity contribution < 1.29 is 4.74 Å². The standard InChI is InChI=1S/C22H28N4O.C2H6.C2H4/c1-4-16(2)18-8-5-9-20(13-18)24-25-21-11-10-19(14-22(21)26(24)25)17(3)7-6-12-27-15-23;2*1-2/h5,8-11,13-14,16H,3-4,6-7,12,15,23H2,1-2H3;1-2H3;1-2H2. The maximum Gasteiger partial charge on any atom is 0.114 e. The lowest BCUT2D eigenvalue weighted by molar-refractivity contribution is 0.139. The normalized spacial score (nSPS) is 11.8. The largest absolute Gasteiger partial charge is 0.367 e. The fourth-order valence-corrected chi connectivity index (χ4v) is 3.59. The number of aromatic nitrogens is 3. The van der Waals surface area contributed by atoms with E-state index in [4.69, 9.17) is 10.5 Å². The van der Waals surface area contributed by atoms with Crippen molar-refractivity contribution in [1.29, 1.82) is 0 Å². The molecule has 1 unspecified atom stereocenters. The van der Waals surface area contributed by atoms with E-state index >= 15 is 0 Å². The number of hydrogen-bond donors (Lipinski definition) is 1. The molecule has 4 rings (SSSR count). The Morgan fingerprint density at radius 3 is 2.45 bits per heavy atom. The van der Waals surface area contributed by atoms with E-state index in [-0.39, 0.29) is 6.73 Å². The van der Waals surface area contributed by atoms with Gasteiger partial charge in [0.25, 0.3) is 0 Å². The van der Waals surface area contributed by atoms with Gasteiger partial charge in [-0.2, -0.15) is 4.80 Å². The van der Waals surface area contributed by atoms with Crippen molar-refractivity contribution in [2.75, 3.05) is 13.3 Å². The summed E-state index contributed by atoms with van der Waals surface area (Å²) in [7, 11) is 0. The summed E-state index contributed by atoms with van der Waals surface area (Å²) < 4.78 is 9.62. The number of nitrogens with zero attached hydrogens (tertiary/aromatic N) is 3. The molecule has 2 N–H and O–H groups in total. The second-order valence-electron chi connectivity index (χ2n) is 7.26. The minimum atomic E-state index is 0.282. The van der Waals surface area contributed by atoms with Crippen LogP contribution in [-0.4, -0.2) is 27.4 Å². The summed E-state index contributed by atoms with van der Waals surface area (Å²) in [4.78, 5) is 2.22. The predicted molar refractivity (Wildman–Crippen MR) is 133 cm³/mol. The fourth-order valence-electron chi connectivity index (χ4n) is 3.59. The van der Waals surface area contributed by atoms with E-state index in [0.717, 1.165) is 24.8 Å². The van der Waals surface area contributed by atoms with Crippen LogP contribution in [0.3, 0.4) is 0 Å². The molecule has 0 radical (unpaired) electrons. The van der Waals surface area contributed by atoms with Gasteiger partial charge >= 0.3 is 0 Å². The van der Waals surface area contributed by atoms with Crippen molar-refractivity contribution in [3.8, 4) is 5.69 Å². The monoisotopic (exact) mass is 422 g/mol. The highest BCUT2D eigenvalue weighted by molar-refractivity contribution is 5.84. The van der Waals surface area contributed by atoms with Crippen LogP contribution in [0, 0.1) is 0 Å². The molecule has 5 heteroatoms. The zero-order valence-electron chi connectivity index (χ0n) is 19.6. The Labute approximate surface area is 186 Å². The molecule has 2 aromatic heterocycles. The van der Waals surface area contributed by atoms with Gasteiger partial charge in [0.15, 0.2) is 0 Å². The summed E-state index contributed by atoms with van der Waals surface area (Å²) in [5.41, 5.74) is 12.8. The van der Waals surface area contributed by atoms with Gasteiger partial charge in [-0.15, -0.1) is 22.4 Å². The molecule has 2 heterocycles. The summed E-state index contributed by atoms with van der Waals surface area (Å²) in [6, 6.07) is 15.4. The average Bonchev–Trinajstić information content (AvgIpc) is 3.51. The summed E-state index contributed by atoms with van der Waals surface area (Å²) >= 11 is 0. The van der Waals surface area contributed by atoms with Crippen LogP contribution in [0.4, 0.5) is 0 Å². The van der Waals surface area contributed by atoms with Crippen LogP contribution >= 0.6 is 0 Å². The van der Waals surface area contributed by atoms with Gasteiger partial charge in [-0.1, -0.05) is 52.5 Å². The van der Waals surface area contributed by atoms with Crippen molar-refractivity contribution in [2.45, 2.75) is 52.9 Å². The Bertz CT molecular complexity index is 1070. The number of ether oxygens (including phenoxy) is 1. The Hall–Kier alpha value is -2.76. The molecule has 5 nitrogen and oxygen atoms in total. The molecule has 0 spiro atoms. The van der Waals surface area contributed by atoms with E-state index in [0.29, 0.717) is 12.5 Å². The van der Waals surface area contributed by atoms with Crippen molar-refractivity contribution >= 4 is 16.6 Å². The van der Waals surface area contributed by atoms with E-state index in [1.54, 1.807) is 0 Å². The molecular formula is C26H38N4O. The average molecular weight is 423 g/mol. The van der Waals surface area contributed by atoms with Gasteiger partial charge in [-0.05, 0) is 66.1 Å². The molecule has 0 saturated carbocycles. The maximum absolute atomic E-state index is 5.36. The van der Waals surface area contributed by atoms with E-state index in [9.17, 15) is 0 Å².